The number of rotatable bonds is 5. The Bertz CT molecular complexity index is 460. The number of hydrogen-bond acceptors (Lipinski definition) is 5. The van der Waals surface area contributed by atoms with Crippen molar-refractivity contribution in [2.45, 2.75) is 42.9 Å². The molecule has 0 unspecified atom stereocenters. The van der Waals surface area contributed by atoms with Crippen molar-refractivity contribution in [3.05, 3.63) is 6.33 Å². The van der Waals surface area contributed by atoms with Crippen molar-refractivity contribution in [3.63, 3.8) is 0 Å². The third-order valence-electron chi connectivity index (χ3n) is 3.71. The Labute approximate surface area is 116 Å². The third-order valence-corrected chi connectivity index (χ3v) is 4.66. The van der Waals surface area contributed by atoms with Crippen molar-refractivity contribution in [1.29, 1.82) is 0 Å². The highest BCUT2D eigenvalue weighted by Crippen LogP contribution is 2.37. The molecule has 0 aromatic carbocycles. The maximum atomic E-state index is 12.1. The van der Waals surface area contributed by atoms with E-state index in [0.717, 1.165) is 24.5 Å². The van der Waals surface area contributed by atoms with Crippen molar-refractivity contribution in [2.75, 3.05) is 18.9 Å². The summed E-state index contributed by atoms with van der Waals surface area (Å²) < 4.78 is 2.06. The number of aromatic nitrogens is 3. The highest BCUT2D eigenvalue weighted by atomic mass is 32.2. The molecule has 3 rings (SSSR count). The van der Waals surface area contributed by atoms with Gasteiger partial charge in [-0.05, 0) is 25.7 Å². The monoisotopic (exact) mass is 282 g/mol. The molecule has 19 heavy (non-hydrogen) atoms. The number of aliphatic hydroxyl groups excluding tert-OH is 1. The van der Waals surface area contributed by atoms with Gasteiger partial charge in [-0.1, -0.05) is 11.8 Å². The second-order valence-electron chi connectivity index (χ2n) is 5.11. The molecule has 2 aliphatic rings. The smallest absolute Gasteiger partial charge is 0.233 e. The number of nitrogens with zero attached hydrogens (tertiary/aromatic N) is 4. The molecule has 1 atom stereocenters. The van der Waals surface area contributed by atoms with E-state index in [-0.39, 0.29) is 18.6 Å². The molecule has 7 heteroatoms. The number of hydrogen-bond donors (Lipinski definition) is 1. The van der Waals surface area contributed by atoms with Gasteiger partial charge >= 0.3 is 0 Å². The van der Waals surface area contributed by atoms with E-state index >= 15 is 0 Å². The fourth-order valence-corrected chi connectivity index (χ4v) is 3.37. The Kier molecular flexibility index (Phi) is 3.74. The maximum Gasteiger partial charge on any atom is 0.233 e. The zero-order chi connectivity index (χ0) is 13.2. The summed E-state index contributed by atoms with van der Waals surface area (Å²) in [6.07, 6.45) is 6.00. The third kappa shape index (κ3) is 2.76. The number of carbonyl (C=O) groups excluding carboxylic acids is 1. The van der Waals surface area contributed by atoms with Gasteiger partial charge < -0.3 is 14.6 Å². The average molecular weight is 282 g/mol. The number of aliphatic hydroxyl groups is 1. The summed E-state index contributed by atoms with van der Waals surface area (Å²) in [6, 6.07) is 0.541. The minimum Gasteiger partial charge on any atom is -0.394 e. The molecule has 0 bridgehead atoms. The summed E-state index contributed by atoms with van der Waals surface area (Å²) in [7, 11) is 0. The molecule has 0 spiro atoms. The van der Waals surface area contributed by atoms with E-state index in [0.29, 0.717) is 11.8 Å². The van der Waals surface area contributed by atoms with Crippen molar-refractivity contribution >= 4 is 17.7 Å². The highest BCUT2D eigenvalue weighted by Gasteiger charge is 2.29. The number of amides is 1. The van der Waals surface area contributed by atoms with Crippen LogP contribution in [-0.2, 0) is 4.79 Å². The summed E-state index contributed by atoms with van der Waals surface area (Å²) in [5.74, 6) is 0.467. The van der Waals surface area contributed by atoms with Crippen molar-refractivity contribution < 1.29 is 9.90 Å². The van der Waals surface area contributed by atoms with Crippen LogP contribution >= 0.6 is 11.8 Å². The summed E-state index contributed by atoms with van der Waals surface area (Å²) in [5.41, 5.74) is 0. The Balaban J connectivity index is 1.56. The van der Waals surface area contributed by atoms with Gasteiger partial charge in [-0.15, -0.1) is 10.2 Å². The van der Waals surface area contributed by atoms with Gasteiger partial charge in [0.15, 0.2) is 5.16 Å². The van der Waals surface area contributed by atoms with Crippen molar-refractivity contribution in [3.8, 4) is 0 Å². The Morgan fingerprint density at radius 3 is 3.05 bits per heavy atom. The fraction of sp³-hybridized carbons (Fsp3) is 0.750. The molecular formula is C12H18N4O2S. The molecule has 1 aromatic rings. The van der Waals surface area contributed by atoms with Crippen LogP contribution in [0.15, 0.2) is 11.5 Å². The maximum absolute atomic E-state index is 12.1. The lowest BCUT2D eigenvalue weighted by atomic mass is 10.2. The minimum absolute atomic E-state index is 0.00871. The van der Waals surface area contributed by atoms with Crippen LogP contribution in [0.5, 0.6) is 0 Å². The summed E-state index contributed by atoms with van der Waals surface area (Å²) in [6.45, 7) is 0.828. The lowest BCUT2D eigenvalue weighted by molar-refractivity contribution is -0.129. The van der Waals surface area contributed by atoms with Crippen LogP contribution in [0.25, 0.3) is 0 Å². The van der Waals surface area contributed by atoms with Crippen LogP contribution in [0.4, 0.5) is 0 Å². The molecule has 104 valence electrons. The fourth-order valence-electron chi connectivity index (χ4n) is 2.50. The zero-order valence-electron chi connectivity index (χ0n) is 10.7. The molecule has 2 fully saturated rings. The van der Waals surface area contributed by atoms with Crippen LogP contribution in [-0.4, -0.2) is 55.6 Å². The van der Waals surface area contributed by atoms with Gasteiger partial charge in [-0.3, -0.25) is 4.79 Å². The Morgan fingerprint density at radius 2 is 2.32 bits per heavy atom. The Hall–Kier alpha value is -1.08. The van der Waals surface area contributed by atoms with Crippen LogP contribution in [0, 0.1) is 0 Å². The first-order valence-corrected chi connectivity index (χ1v) is 7.71. The number of thioether (sulfide) groups is 1. The second kappa shape index (κ2) is 5.50. The molecule has 2 heterocycles. The molecule has 1 aromatic heterocycles. The molecule has 0 radical (unpaired) electrons. The van der Waals surface area contributed by atoms with Crippen molar-refractivity contribution in [2.24, 2.45) is 0 Å². The Morgan fingerprint density at radius 1 is 1.47 bits per heavy atom. The molecule has 1 saturated heterocycles. The van der Waals surface area contributed by atoms with E-state index in [1.54, 1.807) is 11.2 Å². The molecular weight excluding hydrogens is 264 g/mol. The van der Waals surface area contributed by atoms with Gasteiger partial charge in [0.1, 0.15) is 6.33 Å². The summed E-state index contributed by atoms with van der Waals surface area (Å²) in [5, 5.41) is 18.1. The lowest BCUT2D eigenvalue weighted by Crippen LogP contribution is -2.38. The molecule has 1 aliphatic heterocycles. The van der Waals surface area contributed by atoms with Gasteiger partial charge in [0.2, 0.25) is 5.91 Å². The first-order chi connectivity index (χ1) is 9.29. The van der Waals surface area contributed by atoms with Crippen molar-refractivity contribution in [1.82, 2.24) is 19.7 Å². The number of likely N-dealkylation sites (tertiary alicyclic amines) is 1. The van der Waals surface area contributed by atoms with Gasteiger partial charge in [-0.25, -0.2) is 0 Å². The SMILES string of the molecule is O=C(CSc1nncn1C1CC1)N1CCC[C@H]1CO. The first kappa shape index (κ1) is 12.9. The highest BCUT2D eigenvalue weighted by molar-refractivity contribution is 7.99. The van der Waals surface area contributed by atoms with E-state index in [1.807, 2.05) is 0 Å². The number of carbonyl (C=O) groups is 1. The molecule has 6 nitrogen and oxygen atoms in total. The van der Waals surface area contributed by atoms with Crippen LogP contribution in [0.1, 0.15) is 31.7 Å². The second-order valence-corrected chi connectivity index (χ2v) is 6.05. The standard InChI is InChI=1S/C12H18N4O2S/c17-6-10-2-1-5-15(10)11(18)7-19-12-14-13-8-16(12)9-3-4-9/h8-10,17H,1-7H2/t10-/m0/s1. The lowest BCUT2D eigenvalue weighted by Gasteiger charge is -2.22. The van der Waals surface area contributed by atoms with E-state index in [2.05, 4.69) is 14.8 Å². The normalized spacial score (nSPS) is 23.0. The predicted octanol–water partition coefficient (Wildman–Crippen LogP) is 0.688. The first-order valence-electron chi connectivity index (χ1n) is 6.72. The topological polar surface area (TPSA) is 71.2 Å². The van der Waals surface area contributed by atoms with Gasteiger partial charge in [0.05, 0.1) is 18.4 Å². The van der Waals surface area contributed by atoms with Crippen LogP contribution in [0.3, 0.4) is 0 Å². The van der Waals surface area contributed by atoms with Gasteiger partial charge in [0, 0.05) is 12.6 Å². The summed E-state index contributed by atoms with van der Waals surface area (Å²) in [4.78, 5) is 13.9. The van der Waals surface area contributed by atoms with E-state index in [4.69, 9.17) is 0 Å². The summed E-state index contributed by atoms with van der Waals surface area (Å²) >= 11 is 1.45. The molecule has 1 aliphatic carbocycles. The van der Waals surface area contributed by atoms with E-state index in [1.165, 1.54) is 24.6 Å². The average Bonchev–Trinajstić information content (AvgIpc) is 2.98. The predicted molar refractivity (Wildman–Crippen MR) is 70.8 cm³/mol. The van der Waals surface area contributed by atoms with Gasteiger partial charge in [0.25, 0.3) is 0 Å². The van der Waals surface area contributed by atoms with Gasteiger partial charge in [-0.2, -0.15) is 0 Å². The van der Waals surface area contributed by atoms with Crippen LogP contribution in [0.2, 0.25) is 0 Å². The van der Waals surface area contributed by atoms with E-state index in [9.17, 15) is 9.90 Å². The van der Waals surface area contributed by atoms with Crippen LogP contribution < -0.4 is 0 Å². The quantitative estimate of drug-likeness (QED) is 0.805. The largest absolute Gasteiger partial charge is 0.394 e. The molecule has 1 amide bonds. The minimum atomic E-state index is 0.00871. The molecule has 1 saturated carbocycles. The van der Waals surface area contributed by atoms with E-state index < -0.39 is 0 Å². The zero-order valence-corrected chi connectivity index (χ0v) is 11.6. The molecule has 1 N–H and O–H groups in total.